The second kappa shape index (κ2) is 7.06. The van der Waals surface area contributed by atoms with Crippen molar-refractivity contribution in [1.82, 2.24) is 14.5 Å². The fraction of sp³-hybridized carbons (Fsp3) is 0.800. The first-order chi connectivity index (χ1) is 9.27. The molecule has 1 heterocycles. The van der Waals surface area contributed by atoms with Gasteiger partial charge in [0, 0.05) is 25.3 Å². The molecule has 1 aromatic rings. The Morgan fingerprint density at radius 2 is 2.05 bits per heavy atom. The number of nitrogens with two attached hydrogens (primary N) is 1. The molecule has 0 aromatic carbocycles. The van der Waals surface area contributed by atoms with Gasteiger partial charge in [-0.15, -0.1) is 0 Å². The van der Waals surface area contributed by atoms with Crippen molar-refractivity contribution in [2.45, 2.75) is 64.1 Å². The van der Waals surface area contributed by atoms with Crippen LogP contribution in [-0.2, 0) is 6.54 Å². The zero-order valence-electron chi connectivity index (χ0n) is 12.4. The molecule has 1 aliphatic carbocycles. The van der Waals surface area contributed by atoms with Crippen molar-refractivity contribution in [2.24, 2.45) is 5.73 Å². The molecule has 1 saturated carbocycles. The lowest BCUT2D eigenvalue weighted by atomic mass is 10.0. The van der Waals surface area contributed by atoms with Crippen LogP contribution in [0.5, 0.6) is 0 Å². The van der Waals surface area contributed by atoms with Gasteiger partial charge in [0.1, 0.15) is 0 Å². The van der Waals surface area contributed by atoms with Crippen molar-refractivity contribution in [3.63, 3.8) is 0 Å². The molecule has 108 valence electrons. The second-order valence-corrected chi connectivity index (χ2v) is 5.67. The lowest BCUT2D eigenvalue weighted by Crippen LogP contribution is -2.39. The first-order valence-electron chi connectivity index (χ1n) is 7.70. The van der Waals surface area contributed by atoms with E-state index in [-0.39, 0.29) is 0 Å². The third kappa shape index (κ3) is 3.37. The maximum absolute atomic E-state index is 6.05. The van der Waals surface area contributed by atoms with E-state index in [9.17, 15) is 0 Å². The molecule has 0 saturated heterocycles. The van der Waals surface area contributed by atoms with E-state index in [2.05, 4.69) is 28.4 Å². The Bertz CT molecular complexity index is 366. The van der Waals surface area contributed by atoms with Gasteiger partial charge in [-0.25, -0.2) is 4.98 Å². The van der Waals surface area contributed by atoms with Gasteiger partial charge in [-0.05, 0) is 26.8 Å². The molecule has 4 nitrogen and oxygen atoms in total. The van der Waals surface area contributed by atoms with Crippen LogP contribution in [0.25, 0.3) is 0 Å². The van der Waals surface area contributed by atoms with Crippen LogP contribution in [0.2, 0.25) is 0 Å². The number of aryl methyl sites for hydroxylation is 1. The van der Waals surface area contributed by atoms with Crippen LogP contribution < -0.4 is 5.73 Å². The number of hydrogen-bond donors (Lipinski definition) is 1. The summed E-state index contributed by atoms with van der Waals surface area (Å²) in [6.45, 7) is 3.79. The Labute approximate surface area is 117 Å². The van der Waals surface area contributed by atoms with Gasteiger partial charge in [-0.2, -0.15) is 0 Å². The topological polar surface area (TPSA) is 47.1 Å². The molecule has 0 amide bonds. The summed E-state index contributed by atoms with van der Waals surface area (Å²) < 4.78 is 2.21. The van der Waals surface area contributed by atoms with Crippen LogP contribution in [0.15, 0.2) is 12.5 Å². The lowest BCUT2D eigenvalue weighted by molar-refractivity contribution is 0.156. The van der Waals surface area contributed by atoms with Crippen LogP contribution >= 0.6 is 0 Å². The molecule has 1 aromatic heterocycles. The zero-order valence-corrected chi connectivity index (χ0v) is 12.4. The molecule has 4 heteroatoms. The van der Waals surface area contributed by atoms with Crippen LogP contribution in [0.4, 0.5) is 0 Å². The number of hydrogen-bond acceptors (Lipinski definition) is 3. The van der Waals surface area contributed by atoms with Crippen molar-refractivity contribution < 1.29 is 0 Å². The van der Waals surface area contributed by atoms with E-state index >= 15 is 0 Å². The maximum Gasteiger partial charge on any atom is 0.0948 e. The van der Waals surface area contributed by atoms with Crippen LogP contribution in [0.1, 0.15) is 57.2 Å². The van der Waals surface area contributed by atoms with Gasteiger partial charge in [0.25, 0.3) is 0 Å². The minimum absolute atomic E-state index is 0.297. The van der Waals surface area contributed by atoms with E-state index in [1.165, 1.54) is 44.2 Å². The Morgan fingerprint density at radius 3 is 2.63 bits per heavy atom. The Kier molecular flexibility index (Phi) is 5.40. The first kappa shape index (κ1) is 14.5. The fourth-order valence-corrected chi connectivity index (χ4v) is 3.29. The highest BCUT2D eigenvalue weighted by atomic mass is 15.2. The van der Waals surface area contributed by atoms with Crippen molar-refractivity contribution in [1.29, 1.82) is 0 Å². The van der Waals surface area contributed by atoms with Gasteiger partial charge >= 0.3 is 0 Å². The third-order valence-electron chi connectivity index (χ3n) is 4.54. The SMILES string of the molecule is CCn1cncc1C(CN)N(C)C1CCCCCC1. The van der Waals surface area contributed by atoms with E-state index in [0.29, 0.717) is 18.6 Å². The van der Waals surface area contributed by atoms with Crippen molar-refractivity contribution in [2.75, 3.05) is 13.6 Å². The molecule has 1 fully saturated rings. The average molecular weight is 264 g/mol. The smallest absolute Gasteiger partial charge is 0.0948 e. The third-order valence-corrected chi connectivity index (χ3v) is 4.54. The molecule has 0 spiro atoms. The molecule has 1 atom stereocenters. The summed E-state index contributed by atoms with van der Waals surface area (Å²) in [5.74, 6) is 0. The van der Waals surface area contributed by atoms with Crippen LogP contribution in [0.3, 0.4) is 0 Å². The number of aromatic nitrogens is 2. The first-order valence-corrected chi connectivity index (χ1v) is 7.70. The minimum atomic E-state index is 0.297. The number of rotatable bonds is 5. The van der Waals surface area contributed by atoms with E-state index in [4.69, 9.17) is 5.73 Å². The quantitative estimate of drug-likeness (QED) is 0.831. The summed E-state index contributed by atoms with van der Waals surface area (Å²) in [5, 5.41) is 0. The standard InChI is InChI=1S/C15H28N4/c1-3-19-12-17-11-15(19)14(10-16)18(2)13-8-6-4-5-7-9-13/h11-14H,3-10,16H2,1-2H3. The highest BCUT2D eigenvalue weighted by Crippen LogP contribution is 2.27. The van der Waals surface area contributed by atoms with Crippen molar-refractivity contribution >= 4 is 0 Å². The van der Waals surface area contributed by atoms with Gasteiger partial charge in [0.05, 0.1) is 18.1 Å². The zero-order chi connectivity index (χ0) is 13.7. The molecule has 0 bridgehead atoms. The van der Waals surface area contributed by atoms with Crippen molar-refractivity contribution in [3.8, 4) is 0 Å². The molecule has 0 radical (unpaired) electrons. The average Bonchev–Trinajstić information content (AvgIpc) is 2.73. The van der Waals surface area contributed by atoms with E-state index in [1.807, 2.05) is 12.5 Å². The highest BCUT2D eigenvalue weighted by molar-refractivity contribution is 5.07. The molecule has 1 aliphatic rings. The van der Waals surface area contributed by atoms with Gasteiger partial charge in [0.2, 0.25) is 0 Å². The van der Waals surface area contributed by atoms with Crippen LogP contribution in [0, 0.1) is 0 Å². The van der Waals surface area contributed by atoms with E-state index in [1.54, 1.807) is 0 Å². The van der Waals surface area contributed by atoms with Gasteiger partial charge in [-0.3, -0.25) is 4.90 Å². The lowest BCUT2D eigenvalue weighted by Gasteiger charge is -2.34. The molecule has 2 N–H and O–H groups in total. The monoisotopic (exact) mass is 264 g/mol. The van der Waals surface area contributed by atoms with Gasteiger partial charge in [-0.1, -0.05) is 25.7 Å². The molecule has 0 aliphatic heterocycles. The Morgan fingerprint density at radius 1 is 1.37 bits per heavy atom. The minimum Gasteiger partial charge on any atom is -0.333 e. The number of imidazole rings is 1. The van der Waals surface area contributed by atoms with Gasteiger partial charge < -0.3 is 10.3 Å². The molecular formula is C15H28N4. The predicted octanol–water partition coefficient (Wildman–Crippen LogP) is 2.56. The molecular weight excluding hydrogens is 236 g/mol. The fourth-order valence-electron chi connectivity index (χ4n) is 3.29. The summed E-state index contributed by atoms with van der Waals surface area (Å²) in [5.41, 5.74) is 7.31. The largest absolute Gasteiger partial charge is 0.333 e. The summed E-state index contributed by atoms with van der Waals surface area (Å²) in [6, 6.07) is 0.974. The van der Waals surface area contributed by atoms with E-state index in [0.717, 1.165) is 6.54 Å². The summed E-state index contributed by atoms with van der Waals surface area (Å²) >= 11 is 0. The maximum atomic E-state index is 6.05. The number of nitrogens with zero attached hydrogens (tertiary/aromatic N) is 3. The summed E-state index contributed by atoms with van der Waals surface area (Å²) in [7, 11) is 2.24. The number of likely N-dealkylation sites (N-methyl/N-ethyl adjacent to an activating group) is 1. The molecule has 1 unspecified atom stereocenters. The van der Waals surface area contributed by atoms with Crippen LogP contribution in [-0.4, -0.2) is 34.1 Å². The predicted molar refractivity (Wildman–Crippen MR) is 78.9 cm³/mol. The van der Waals surface area contributed by atoms with Gasteiger partial charge in [0.15, 0.2) is 0 Å². The highest BCUT2D eigenvalue weighted by Gasteiger charge is 2.25. The summed E-state index contributed by atoms with van der Waals surface area (Å²) in [6.07, 6.45) is 12.0. The normalized spacial score (nSPS) is 19.6. The molecule has 19 heavy (non-hydrogen) atoms. The summed E-state index contributed by atoms with van der Waals surface area (Å²) in [4.78, 5) is 6.78. The van der Waals surface area contributed by atoms with Crippen molar-refractivity contribution in [3.05, 3.63) is 18.2 Å². The Hall–Kier alpha value is -0.870. The second-order valence-electron chi connectivity index (χ2n) is 5.67. The van der Waals surface area contributed by atoms with E-state index < -0.39 is 0 Å². The Balaban J connectivity index is 2.11. The molecule has 2 rings (SSSR count).